The van der Waals surface area contributed by atoms with Crippen LogP contribution in [0.4, 0.5) is 10.1 Å². The summed E-state index contributed by atoms with van der Waals surface area (Å²) in [5.41, 5.74) is -0.489. The van der Waals surface area contributed by atoms with Crippen LogP contribution in [-0.2, 0) is 0 Å². The van der Waals surface area contributed by atoms with E-state index in [9.17, 15) is 19.3 Å². The van der Waals surface area contributed by atoms with Crippen molar-refractivity contribution >= 4 is 11.7 Å². The van der Waals surface area contributed by atoms with Gasteiger partial charge in [0.2, 0.25) is 0 Å². The Labute approximate surface area is 117 Å². The number of carboxylic acid groups (broad SMARTS) is 1. The number of aryl methyl sites for hydroxylation is 1. The molecule has 1 heterocycles. The fraction of sp³-hybridized carbons (Fsp3) is 0.0769. The van der Waals surface area contributed by atoms with E-state index in [2.05, 4.69) is 4.98 Å². The van der Waals surface area contributed by atoms with Crippen molar-refractivity contribution < 1.29 is 24.0 Å². The molecular weight excluding hydrogens is 283 g/mol. The van der Waals surface area contributed by atoms with Gasteiger partial charge in [-0.15, -0.1) is 0 Å². The number of hydrogen-bond acceptors (Lipinski definition) is 5. The van der Waals surface area contributed by atoms with Crippen LogP contribution in [0.5, 0.6) is 11.6 Å². The highest BCUT2D eigenvalue weighted by atomic mass is 19.1. The van der Waals surface area contributed by atoms with Crippen LogP contribution in [0.2, 0.25) is 0 Å². The van der Waals surface area contributed by atoms with Gasteiger partial charge >= 0.3 is 11.7 Å². The maximum Gasteiger partial charge on any atom is 0.337 e. The first-order chi connectivity index (χ1) is 9.88. The van der Waals surface area contributed by atoms with Crippen molar-refractivity contribution in [3.8, 4) is 11.6 Å². The molecule has 1 aromatic heterocycles. The van der Waals surface area contributed by atoms with Gasteiger partial charge in [-0.3, -0.25) is 10.1 Å². The Kier molecular flexibility index (Phi) is 3.79. The normalized spacial score (nSPS) is 10.2. The molecule has 7 nitrogen and oxygen atoms in total. The summed E-state index contributed by atoms with van der Waals surface area (Å²) < 4.78 is 18.3. The number of aromatic nitrogens is 1. The van der Waals surface area contributed by atoms with Gasteiger partial charge in [0.25, 0.3) is 5.88 Å². The molecule has 0 saturated carbocycles. The van der Waals surface area contributed by atoms with Crippen LogP contribution in [0.25, 0.3) is 0 Å². The predicted octanol–water partition coefficient (Wildman–Crippen LogP) is 2.93. The van der Waals surface area contributed by atoms with Crippen LogP contribution in [-0.4, -0.2) is 21.0 Å². The summed E-state index contributed by atoms with van der Waals surface area (Å²) in [5, 5.41) is 19.8. The molecule has 108 valence electrons. The second kappa shape index (κ2) is 5.53. The first-order valence-electron chi connectivity index (χ1n) is 5.70. The Hall–Kier alpha value is -3.03. The number of carbonyl (C=O) groups is 1. The van der Waals surface area contributed by atoms with Crippen LogP contribution < -0.4 is 4.74 Å². The molecule has 0 aliphatic heterocycles. The molecule has 0 atom stereocenters. The minimum Gasteiger partial charge on any atom is -0.478 e. The summed E-state index contributed by atoms with van der Waals surface area (Å²) in [6.45, 7) is 1.57. The van der Waals surface area contributed by atoms with Gasteiger partial charge in [0.05, 0.1) is 10.5 Å². The zero-order valence-electron chi connectivity index (χ0n) is 10.7. The van der Waals surface area contributed by atoms with Crippen molar-refractivity contribution in [2.24, 2.45) is 0 Å². The molecule has 1 aromatic carbocycles. The lowest BCUT2D eigenvalue weighted by Gasteiger charge is -2.08. The molecular formula is C13H9FN2O5. The topological polar surface area (TPSA) is 103 Å². The van der Waals surface area contributed by atoms with Crippen LogP contribution in [0.3, 0.4) is 0 Å². The Bertz CT molecular complexity index is 732. The third kappa shape index (κ3) is 3.11. The van der Waals surface area contributed by atoms with Gasteiger partial charge in [-0.2, -0.15) is 0 Å². The second-order valence-corrected chi connectivity index (χ2v) is 4.12. The standard InChI is InChI=1S/C13H9FN2O5/c1-7-4-9(14)2-3-11(7)21-12-10(16(19)20)5-8(6-15-12)13(17)18/h2-6H,1H3,(H,17,18). The number of halogens is 1. The van der Waals surface area contributed by atoms with Gasteiger partial charge in [0.15, 0.2) is 0 Å². The molecule has 2 rings (SSSR count). The monoisotopic (exact) mass is 292 g/mol. The molecule has 21 heavy (non-hydrogen) atoms. The molecule has 0 saturated heterocycles. The van der Waals surface area contributed by atoms with Crippen molar-refractivity contribution in [2.45, 2.75) is 6.92 Å². The van der Waals surface area contributed by atoms with E-state index >= 15 is 0 Å². The molecule has 8 heteroatoms. The summed E-state index contributed by atoms with van der Waals surface area (Å²) >= 11 is 0. The molecule has 0 fully saturated rings. The zero-order chi connectivity index (χ0) is 15.6. The molecule has 0 amide bonds. The van der Waals surface area contributed by atoms with Crippen LogP contribution in [0.15, 0.2) is 30.5 Å². The molecule has 0 bridgehead atoms. The van der Waals surface area contributed by atoms with E-state index in [1.807, 2.05) is 0 Å². The van der Waals surface area contributed by atoms with Crippen molar-refractivity contribution in [3.63, 3.8) is 0 Å². The van der Waals surface area contributed by atoms with E-state index in [1.165, 1.54) is 12.1 Å². The van der Waals surface area contributed by atoms with E-state index in [-0.39, 0.29) is 17.2 Å². The van der Waals surface area contributed by atoms with Crippen molar-refractivity contribution in [1.82, 2.24) is 4.98 Å². The lowest BCUT2D eigenvalue weighted by Crippen LogP contribution is -2.02. The first-order valence-corrected chi connectivity index (χ1v) is 5.70. The number of nitrogens with zero attached hydrogens (tertiary/aromatic N) is 2. The Morgan fingerprint density at radius 3 is 2.71 bits per heavy atom. The number of pyridine rings is 1. The number of nitro groups is 1. The van der Waals surface area contributed by atoms with E-state index in [4.69, 9.17) is 9.84 Å². The van der Waals surface area contributed by atoms with Gasteiger partial charge in [0.1, 0.15) is 11.6 Å². The zero-order valence-corrected chi connectivity index (χ0v) is 10.7. The van der Waals surface area contributed by atoms with Crippen LogP contribution >= 0.6 is 0 Å². The van der Waals surface area contributed by atoms with Gasteiger partial charge in [-0.25, -0.2) is 14.2 Å². The maximum atomic E-state index is 13.0. The highest BCUT2D eigenvalue weighted by molar-refractivity contribution is 5.88. The Balaban J connectivity index is 2.44. The maximum absolute atomic E-state index is 13.0. The Morgan fingerprint density at radius 1 is 1.43 bits per heavy atom. The largest absolute Gasteiger partial charge is 0.478 e. The minimum atomic E-state index is -1.34. The molecule has 0 spiro atoms. The van der Waals surface area contributed by atoms with Gasteiger partial charge in [-0.05, 0) is 30.7 Å². The fourth-order valence-corrected chi connectivity index (χ4v) is 1.60. The number of benzene rings is 1. The SMILES string of the molecule is Cc1cc(F)ccc1Oc1ncc(C(=O)O)cc1[N+](=O)[O-]. The third-order valence-electron chi connectivity index (χ3n) is 2.62. The molecule has 0 radical (unpaired) electrons. The smallest absolute Gasteiger partial charge is 0.337 e. The van der Waals surface area contributed by atoms with Gasteiger partial charge in [-0.1, -0.05) is 0 Å². The fourth-order valence-electron chi connectivity index (χ4n) is 1.60. The van der Waals surface area contributed by atoms with Gasteiger partial charge < -0.3 is 9.84 Å². The number of rotatable bonds is 4. The quantitative estimate of drug-likeness (QED) is 0.686. The van der Waals surface area contributed by atoms with E-state index in [0.29, 0.717) is 5.56 Å². The Morgan fingerprint density at radius 2 is 2.14 bits per heavy atom. The highest BCUT2D eigenvalue weighted by Gasteiger charge is 2.21. The van der Waals surface area contributed by atoms with E-state index in [0.717, 1.165) is 18.3 Å². The average molecular weight is 292 g/mol. The van der Waals surface area contributed by atoms with E-state index < -0.39 is 22.4 Å². The summed E-state index contributed by atoms with van der Waals surface area (Å²) in [5.74, 6) is -1.98. The van der Waals surface area contributed by atoms with Crippen molar-refractivity contribution in [3.05, 3.63) is 57.5 Å². The molecule has 0 aliphatic carbocycles. The number of carboxylic acids is 1. The second-order valence-electron chi connectivity index (χ2n) is 4.12. The average Bonchev–Trinajstić information content (AvgIpc) is 2.41. The summed E-state index contributed by atoms with van der Waals surface area (Å²) in [6.07, 6.45) is 0.948. The number of ether oxygens (including phenoxy) is 1. The highest BCUT2D eigenvalue weighted by Crippen LogP contribution is 2.31. The minimum absolute atomic E-state index is 0.190. The molecule has 2 aromatic rings. The first kappa shape index (κ1) is 14.4. The molecule has 0 aliphatic rings. The summed E-state index contributed by atoms with van der Waals surface area (Å²) in [7, 11) is 0. The van der Waals surface area contributed by atoms with Crippen LogP contribution in [0.1, 0.15) is 15.9 Å². The number of aromatic carboxylic acids is 1. The predicted molar refractivity (Wildman–Crippen MR) is 69.1 cm³/mol. The lowest BCUT2D eigenvalue weighted by molar-refractivity contribution is -0.386. The van der Waals surface area contributed by atoms with Crippen LogP contribution in [0, 0.1) is 22.9 Å². The molecule has 1 N–H and O–H groups in total. The lowest BCUT2D eigenvalue weighted by atomic mass is 10.2. The summed E-state index contributed by atoms with van der Waals surface area (Å²) in [6, 6.07) is 4.50. The third-order valence-corrected chi connectivity index (χ3v) is 2.62. The summed E-state index contributed by atoms with van der Waals surface area (Å²) in [4.78, 5) is 24.6. The van der Waals surface area contributed by atoms with E-state index in [1.54, 1.807) is 6.92 Å². The van der Waals surface area contributed by atoms with Crippen molar-refractivity contribution in [2.75, 3.05) is 0 Å². The molecule has 0 unspecified atom stereocenters. The van der Waals surface area contributed by atoms with Crippen molar-refractivity contribution in [1.29, 1.82) is 0 Å². The number of hydrogen-bond donors (Lipinski definition) is 1. The van der Waals surface area contributed by atoms with Gasteiger partial charge in [0, 0.05) is 12.3 Å².